The molecule has 118 valence electrons. The lowest BCUT2D eigenvalue weighted by Gasteiger charge is -2.01. The van der Waals surface area contributed by atoms with Gasteiger partial charge in [-0.3, -0.25) is 0 Å². The highest BCUT2D eigenvalue weighted by Crippen LogP contribution is 2.24. The first-order valence-electron chi connectivity index (χ1n) is 7.17. The fourth-order valence-electron chi connectivity index (χ4n) is 2.00. The third-order valence-corrected chi connectivity index (χ3v) is 4.97. The van der Waals surface area contributed by atoms with E-state index < -0.39 is 0 Å². The monoisotopic (exact) mass is 345 g/mol. The SMILES string of the molecule is CCc1nnsc1C(=O)OCc1csc(-c2ccc(C)cc2)n1. The molecule has 0 atom stereocenters. The fraction of sp³-hybridized carbons (Fsp3) is 0.250. The molecule has 0 saturated carbocycles. The average molecular weight is 345 g/mol. The van der Waals surface area contributed by atoms with Gasteiger partial charge in [-0.15, -0.1) is 16.4 Å². The summed E-state index contributed by atoms with van der Waals surface area (Å²) in [5, 5.41) is 6.75. The summed E-state index contributed by atoms with van der Waals surface area (Å²) in [4.78, 5) is 17.0. The van der Waals surface area contributed by atoms with Crippen molar-refractivity contribution in [2.75, 3.05) is 0 Å². The minimum atomic E-state index is -0.387. The molecule has 23 heavy (non-hydrogen) atoms. The van der Waals surface area contributed by atoms with Crippen LogP contribution in [-0.2, 0) is 17.8 Å². The van der Waals surface area contributed by atoms with Crippen LogP contribution in [0.4, 0.5) is 0 Å². The number of hydrogen-bond acceptors (Lipinski definition) is 7. The lowest BCUT2D eigenvalue weighted by Crippen LogP contribution is -2.06. The first-order valence-corrected chi connectivity index (χ1v) is 8.82. The van der Waals surface area contributed by atoms with Crippen molar-refractivity contribution >= 4 is 28.8 Å². The molecule has 0 N–H and O–H groups in total. The van der Waals surface area contributed by atoms with Crippen molar-refractivity contribution in [1.29, 1.82) is 0 Å². The molecule has 0 aliphatic heterocycles. The van der Waals surface area contributed by atoms with Crippen LogP contribution in [0.3, 0.4) is 0 Å². The Hall–Kier alpha value is -2.12. The number of carbonyl (C=O) groups is 1. The molecule has 0 aliphatic carbocycles. The Morgan fingerprint density at radius 3 is 2.78 bits per heavy atom. The van der Waals surface area contributed by atoms with Crippen molar-refractivity contribution in [3.05, 3.63) is 51.5 Å². The van der Waals surface area contributed by atoms with E-state index in [0.29, 0.717) is 17.0 Å². The van der Waals surface area contributed by atoms with Gasteiger partial charge in [-0.25, -0.2) is 9.78 Å². The Morgan fingerprint density at radius 2 is 2.04 bits per heavy atom. The van der Waals surface area contributed by atoms with Gasteiger partial charge >= 0.3 is 5.97 Å². The molecule has 0 fully saturated rings. The normalized spacial score (nSPS) is 10.7. The van der Waals surface area contributed by atoms with E-state index in [1.54, 1.807) is 11.3 Å². The molecule has 2 aromatic heterocycles. The van der Waals surface area contributed by atoms with Crippen LogP contribution in [0.2, 0.25) is 0 Å². The molecule has 2 heterocycles. The third kappa shape index (κ3) is 3.62. The Labute approximate surface area is 142 Å². The van der Waals surface area contributed by atoms with Crippen LogP contribution in [0, 0.1) is 6.92 Å². The predicted octanol–water partition coefficient (Wildman–Crippen LogP) is 3.89. The number of ether oxygens (including phenoxy) is 1. The number of aromatic nitrogens is 3. The van der Waals surface area contributed by atoms with Crippen molar-refractivity contribution in [2.24, 2.45) is 0 Å². The second-order valence-electron chi connectivity index (χ2n) is 4.99. The lowest BCUT2D eigenvalue weighted by molar-refractivity contribution is 0.0473. The van der Waals surface area contributed by atoms with Gasteiger partial charge in [0, 0.05) is 10.9 Å². The molecular weight excluding hydrogens is 330 g/mol. The molecular formula is C16H15N3O2S2. The zero-order valence-corrected chi connectivity index (χ0v) is 14.4. The summed E-state index contributed by atoms with van der Waals surface area (Å²) in [5.74, 6) is -0.387. The summed E-state index contributed by atoms with van der Waals surface area (Å²) in [6.45, 7) is 4.14. The van der Waals surface area contributed by atoms with Crippen molar-refractivity contribution < 1.29 is 9.53 Å². The largest absolute Gasteiger partial charge is 0.455 e. The van der Waals surface area contributed by atoms with Gasteiger partial charge in [0.05, 0.1) is 11.4 Å². The Balaban J connectivity index is 1.65. The van der Waals surface area contributed by atoms with E-state index in [9.17, 15) is 4.79 Å². The van der Waals surface area contributed by atoms with E-state index in [1.807, 2.05) is 24.4 Å². The van der Waals surface area contributed by atoms with Crippen LogP contribution in [-0.4, -0.2) is 20.5 Å². The molecule has 3 aromatic rings. The van der Waals surface area contributed by atoms with Gasteiger partial charge in [-0.2, -0.15) is 0 Å². The maximum Gasteiger partial charge on any atom is 0.352 e. The quantitative estimate of drug-likeness (QED) is 0.656. The van der Waals surface area contributed by atoms with Gasteiger partial charge in [0.1, 0.15) is 11.6 Å². The molecule has 0 amide bonds. The smallest absolute Gasteiger partial charge is 0.352 e. The summed E-state index contributed by atoms with van der Waals surface area (Å²) in [5.41, 5.74) is 3.70. The zero-order valence-electron chi connectivity index (χ0n) is 12.8. The molecule has 1 aromatic carbocycles. The Bertz CT molecular complexity index is 809. The van der Waals surface area contributed by atoms with Crippen LogP contribution in [0.5, 0.6) is 0 Å². The standard InChI is InChI=1S/C16H15N3O2S2/c1-3-13-14(23-19-18-13)16(20)21-8-12-9-22-15(17-12)11-6-4-10(2)5-7-11/h4-7,9H,3,8H2,1-2H3. The predicted molar refractivity (Wildman–Crippen MR) is 90.7 cm³/mol. The minimum absolute atomic E-state index is 0.155. The summed E-state index contributed by atoms with van der Waals surface area (Å²) in [6, 6.07) is 8.19. The first kappa shape index (κ1) is 15.8. The lowest BCUT2D eigenvalue weighted by atomic mass is 10.2. The number of carbonyl (C=O) groups excluding carboxylic acids is 1. The number of aryl methyl sites for hydroxylation is 2. The number of hydrogen-bond donors (Lipinski definition) is 0. The number of benzene rings is 1. The van der Waals surface area contributed by atoms with Crippen LogP contribution in [0.1, 0.15) is 33.5 Å². The van der Waals surface area contributed by atoms with Gasteiger partial charge in [-0.1, -0.05) is 41.2 Å². The molecule has 5 nitrogen and oxygen atoms in total. The van der Waals surface area contributed by atoms with Crippen molar-refractivity contribution in [3.8, 4) is 10.6 Å². The van der Waals surface area contributed by atoms with E-state index in [1.165, 1.54) is 5.56 Å². The second kappa shape index (κ2) is 6.97. The topological polar surface area (TPSA) is 65.0 Å². The number of thiazole rings is 1. The maximum absolute atomic E-state index is 12.1. The Morgan fingerprint density at radius 1 is 1.26 bits per heavy atom. The van der Waals surface area contributed by atoms with Gasteiger partial charge in [-0.05, 0) is 24.9 Å². The highest BCUT2D eigenvalue weighted by molar-refractivity contribution is 7.13. The van der Waals surface area contributed by atoms with E-state index in [4.69, 9.17) is 4.74 Å². The van der Waals surface area contributed by atoms with Gasteiger partial charge in [0.25, 0.3) is 0 Å². The van der Waals surface area contributed by atoms with Crippen molar-refractivity contribution in [1.82, 2.24) is 14.6 Å². The number of rotatable bonds is 5. The Kier molecular flexibility index (Phi) is 4.78. The number of esters is 1. The second-order valence-corrected chi connectivity index (χ2v) is 6.60. The number of nitrogens with zero attached hydrogens (tertiary/aromatic N) is 3. The highest BCUT2D eigenvalue weighted by atomic mass is 32.1. The fourth-order valence-corrected chi connectivity index (χ4v) is 3.46. The molecule has 7 heteroatoms. The summed E-state index contributed by atoms with van der Waals surface area (Å²) < 4.78 is 9.12. The molecule has 0 saturated heterocycles. The highest BCUT2D eigenvalue weighted by Gasteiger charge is 2.17. The van der Waals surface area contributed by atoms with E-state index in [0.717, 1.165) is 27.8 Å². The van der Waals surface area contributed by atoms with Crippen molar-refractivity contribution in [2.45, 2.75) is 26.9 Å². The van der Waals surface area contributed by atoms with Crippen molar-refractivity contribution in [3.63, 3.8) is 0 Å². The van der Waals surface area contributed by atoms with Crippen LogP contribution in [0.15, 0.2) is 29.6 Å². The van der Waals surface area contributed by atoms with Crippen LogP contribution >= 0.6 is 22.9 Å². The summed E-state index contributed by atoms with van der Waals surface area (Å²) in [7, 11) is 0. The molecule has 0 radical (unpaired) electrons. The molecule has 3 rings (SSSR count). The van der Waals surface area contributed by atoms with Gasteiger partial charge in [0.2, 0.25) is 0 Å². The van der Waals surface area contributed by atoms with Crippen LogP contribution < -0.4 is 0 Å². The average Bonchev–Trinajstić information content (AvgIpc) is 3.22. The van der Waals surface area contributed by atoms with Crippen LogP contribution in [0.25, 0.3) is 10.6 Å². The molecule has 0 bridgehead atoms. The molecule has 0 unspecified atom stereocenters. The minimum Gasteiger partial charge on any atom is -0.455 e. The van der Waals surface area contributed by atoms with E-state index >= 15 is 0 Å². The zero-order chi connectivity index (χ0) is 16.2. The third-order valence-electron chi connectivity index (χ3n) is 3.28. The molecule has 0 spiro atoms. The first-order chi connectivity index (χ1) is 11.2. The van der Waals surface area contributed by atoms with E-state index in [-0.39, 0.29) is 12.6 Å². The van der Waals surface area contributed by atoms with E-state index in [2.05, 4.69) is 33.6 Å². The van der Waals surface area contributed by atoms with Gasteiger partial charge in [0.15, 0.2) is 4.88 Å². The summed E-state index contributed by atoms with van der Waals surface area (Å²) in [6.07, 6.45) is 0.662. The molecule has 0 aliphatic rings. The van der Waals surface area contributed by atoms with Gasteiger partial charge < -0.3 is 4.74 Å². The maximum atomic E-state index is 12.1. The summed E-state index contributed by atoms with van der Waals surface area (Å²) >= 11 is 2.61.